The van der Waals surface area contributed by atoms with E-state index in [9.17, 15) is 0 Å². The summed E-state index contributed by atoms with van der Waals surface area (Å²) < 4.78 is 0. The average molecular weight is 168 g/mol. The summed E-state index contributed by atoms with van der Waals surface area (Å²) >= 11 is 5.51. The number of nitrogens with zero attached hydrogens (tertiary/aromatic N) is 2. The first-order chi connectivity index (χ1) is 5.24. The van der Waals surface area contributed by atoms with E-state index in [4.69, 9.17) is 17.3 Å². The number of hydrogen-bond acceptors (Lipinski definition) is 3. The van der Waals surface area contributed by atoms with Crippen molar-refractivity contribution in [3.05, 3.63) is 29.4 Å². The third-order valence-electron chi connectivity index (χ3n) is 1.04. The lowest BCUT2D eigenvalue weighted by Crippen LogP contribution is -1.96. The van der Waals surface area contributed by atoms with Gasteiger partial charge in [-0.05, 0) is 0 Å². The lowest BCUT2D eigenvalue weighted by molar-refractivity contribution is 1.19. The molecule has 0 fully saturated rings. The van der Waals surface area contributed by atoms with Gasteiger partial charge in [0.1, 0.15) is 10.8 Å². The summed E-state index contributed by atoms with van der Waals surface area (Å²) in [4.78, 5) is 7.66. The number of nitrogens with two attached hydrogens (primary N) is 1. The van der Waals surface area contributed by atoms with Crippen molar-refractivity contribution < 1.29 is 0 Å². The van der Waals surface area contributed by atoms with Crippen molar-refractivity contribution >= 4 is 23.5 Å². The quantitative estimate of drug-likeness (QED) is 0.645. The first-order valence-corrected chi connectivity index (χ1v) is 3.25. The summed E-state index contributed by atoms with van der Waals surface area (Å²) in [5, 5.41) is 0.281. The molecule has 0 spiro atoms. The van der Waals surface area contributed by atoms with Gasteiger partial charge in [-0.25, -0.2) is 9.97 Å². The zero-order chi connectivity index (χ0) is 8.27. The van der Waals surface area contributed by atoms with Crippen molar-refractivity contribution in [2.45, 2.75) is 0 Å². The summed E-state index contributed by atoms with van der Waals surface area (Å²) in [5.41, 5.74) is 8.53. The molecular formula is C7H6ClN3. The molecule has 1 heterocycles. The second-order valence-corrected chi connectivity index (χ2v) is 2.20. The van der Waals surface area contributed by atoms with Gasteiger partial charge in [0.2, 0.25) is 0 Å². The van der Waals surface area contributed by atoms with Crippen molar-refractivity contribution in [2.75, 3.05) is 5.73 Å². The van der Waals surface area contributed by atoms with Crippen LogP contribution in [0.15, 0.2) is 18.5 Å². The van der Waals surface area contributed by atoms with E-state index in [2.05, 4.69) is 22.3 Å². The monoisotopic (exact) mass is 167 g/mol. The van der Waals surface area contributed by atoms with Gasteiger partial charge in [0.25, 0.3) is 0 Å². The Labute approximate surface area is 69.2 Å². The topological polar surface area (TPSA) is 51.8 Å². The minimum Gasteiger partial charge on any atom is -0.382 e. The summed E-state index contributed by atoms with van der Waals surface area (Å²) in [6.07, 6.45) is 2.96. The number of halogens is 1. The molecule has 1 rings (SSSR count). The molecule has 56 valence electrons. The van der Waals surface area contributed by atoms with Crippen LogP contribution in [0.3, 0.4) is 0 Å². The van der Waals surface area contributed by atoms with Crippen molar-refractivity contribution in [1.29, 1.82) is 0 Å². The summed E-state index contributed by atoms with van der Waals surface area (Å²) in [6, 6.07) is 0. The molecule has 1 aromatic rings. The molecule has 3 nitrogen and oxygen atoms in total. The van der Waals surface area contributed by atoms with Crippen LogP contribution >= 0.6 is 11.6 Å². The number of nitrogen functional groups attached to an aromatic ring is 1. The highest BCUT2D eigenvalue weighted by Crippen LogP contribution is 2.10. The van der Waals surface area contributed by atoms with Gasteiger partial charge in [-0.15, -0.1) is 5.73 Å². The molecule has 2 N–H and O–H groups in total. The van der Waals surface area contributed by atoms with E-state index in [1.54, 1.807) is 6.08 Å². The Balaban J connectivity index is 3.19. The smallest absolute Gasteiger partial charge is 0.151 e. The molecule has 11 heavy (non-hydrogen) atoms. The van der Waals surface area contributed by atoms with Gasteiger partial charge in [-0.2, -0.15) is 0 Å². The lowest BCUT2D eigenvalue weighted by atomic mass is 10.4. The van der Waals surface area contributed by atoms with Gasteiger partial charge < -0.3 is 5.73 Å². The highest BCUT2D eigenvalue weighted by molar-refractivity contribution is 6.29. The highest BCUT2D eigenvalue weighted by atomic mass is 35.5. The Hall–Kier alpha value is -1.31. The number of rotatable bonds is 1. The Morgan fingerprint density at radius 2 is 2.45 bits per heavy atom. The fraction of sp³-hybridized carbons (Fsp3) is 0. The minimum atomic E-state index is 0.281. The summed E-state index contributed by atoms with van der Waals surface area (Å²) in [5.74, 6) is 0.286. The molecule has 0 bridgehead atoms. The second kappa shape index (κ2) is 3.19. The zero-order valence-corrected chi connectivity index (χ0v) is 6.47. The molecule has 0 atom stereocenters. The SMILES string of the molecule is C=C=Cc1ncc(Cl)nc1N. The van der Waals surface area contributed by atoms with Crippen LogP contribution in [-0.4, -0.2) is 9.97 Å². The number of anilines is 1. The maximum atomic E-state index is 5.51. The number of aromatic nitrogens is 2. The molecule has 0 amide bonds. The van der Waals surface area contributed by atoms with Gasteiger partial charge in [0.15, 0.2) is 5.82 Å². The first kappa shape index (κ1) is 7.79. The van der Waals surface area contributed by atoms with E-state index in [0.29, 0.717) is 5.69 Å². The Morgan fingerprint density at radius 1 is 1.73 bits per heavy atom. The van der Waals surface area contributed by atoms with Crippen LogP contribution in [0.5, 0.6) is 0 Å². The summed E-state index contributed by atoms with van der Waals surface area (Å²) in [7, 11) is 0. The van der Waals surface area contributed by atoms with Crippen LogP contribution in [0.25, 0.3) is 6.08 Å². The standard InChI is InChI=1S/C7H6ClN3/c1-2-3-5-7(9)11-6(8)4-10-5/h3-4H,1H2,(H2,9,11). The molecule has 0 saturated carbocycles. The third-order valence-corrected chi connectivity index (χ3v) is 1.22. The zero-order valence-electron chi connectivity index (χ0n) is 5.71. The Bertz CT molecular complexity index is 315. The normalized spacial score (nSPS) is 8.82. The van der Waals surface area contributed by atoms with Crippen molar-refractivity contribution in [3.8, 4) is 0 Å². The third kappa shape index (κ3) is 1.80. The molecule has 4 heteroatoms. The van der Waals surface area contributed by atoms with Crippen molar-refractivity contribution in [1.82, 2.24) is 9.97 Å². The van der Waals surface area contributed by atoms with Gasteiger partial charge in [0.05, 0.1) is 6.20 Å². The fourth-order valence-electron chi connectivity index (χ4n) is 0.598. The van der Waals surface area contributed by atoms with Crippen LogP contribution in [-0.2, 0) is 0 Å². The molecular weight excluding hydrogens is 162 g/mol. The van der Waals surface area contributed by atoms with Crippen LogP contribution in [0.4, 0.5) is 5.82 Å². The highest BCUT2D eigenvalue weighted by Gasteiger charge is 1.97. The first-order valence-electron chi connectivity index (χ1n) is 2.88. The Morgan fingerprint density at radius 3 is 3.00 bits per heavy atom. The fourth-order valence-corrected chi connectivity index (χ4v) is 0.738. The van der Waals surface area contributed by atoms with Gasteiger partial charge >= 0.3 is 0 Å². The number of hydrogen-bond donors (Lipinski definition) is 1. The molecule has 0 aliphatic rings. The van der Waals surface area contributed by atoms with Crippen LogP contribution in [0.2, 0.25) is 5.15 Å². The molecule has 0 aliphatic heterocycles. The largest absolute Gasteiger partial charge is 0.382 e. The second-order valence-electron chi connectivity index (χ2n) is 1.81. The van der Waals surface area contributed by atoms with E-state index in [1.807, 2.05) is 0 Å². The van der Waals surface area contributed by atoms with E-state index >= 15 is 0 Å². The van der Waals surface area contributed by atoms with Gasteiger partial charge in [0, 0.05) is 6.08 Å². The predicted octanol–water partition coefficient (Wildman–Crippen LogP) is 1.51. The van der Waals surface area contributed by atoms with Crippen molar-refractivity contribution in [2.24, 2.45) is 0 Å². The minimum absolute atomic E-state index is 0.281. The predicted molar refractivity (Wildman–Crippen MR) is 45.1 cm³/mol. The van der Waals surface area contributed by atoms with Gasteiger partial charge in [-0.3, -0.25) is 0 Å². The lowest BCUT2D eigenvalue weighted by Gasteiger charge is -1.95. The van der Waals surface area contributed by atoms with Crippen LogP contribution in [0.1, 0.15) is 5.69 Å². The van der Waals surface area contributed by atoms with Crippen LogP contribution in [0, 0.1) is 0 Å². The maximum absolute atomic E-state index is 5.51. The molecule has 0 aliphatic carbocycles. The molecule has 0 saturated heterocycles. The van der Waals surface area contributed by atoms with E-state index in [0.717, 1.165) is 0 Å². The van der Waals surface area contributed by atoms with E-state index < -0.39 is 0 Å². The molecule has 0 radical (unpaired) electrons. The molecule has 0 aromatic carbocycles. The Kier molecular flexibility index (Phi) is 2.26. The molecule has 1 aromatic heterocycles. The van der Waals surface area contributed by atoms with E-state index in [1.165, 1.54) is 6.20 Å². The average Bonchev–Trinajstić information content (AvgIpc) is 1.95. The maximum Gasteiger partial charge on any atom is 0.151 e. The van der Waals surface area contributed by atoms with Crippen molar-refractivity contribution in [3.63, 3.8) is 0 Å². The molecule has 0 unspecified atom stereocenters. The van der Waals surface area contributed by atoms with E-state index in [-0.39, 0.29) is 11.0 Å². The van der Waals surface area contributed by atoms with Gasteiger partial charge in [-0.1, -0.05) is 18.2 Å². The summed E-state index contributed by atoms with van der Waals surface area (Å²) in [6.45, 7) is 3.38. The van der Waals surface area contributed by atoms with Crippen LogP contribution < -0.4 is 5.73 Å².